The quantitative estimate of drug-likeness (QED) is 0.580. The van der Waals surface area contributed by atoms with Crippen molar-refractivity contribution in [2.45, 2.75) is 45.7 Å². The van der Waals surface area contributed by atoms with Gasteiger partial charge in [0.05, 0.1) is 11.7 Å². The van der Waals surface area contributed by atoms with Crippen molar-refractivity contribution in [3.63, 3.8) is 0 Å². The van der Waals surface area contributed by atoms with Gasteiger partial charge in [0.25, 0.3) is 0 Å². The summed E-state index contributed by atoms with van der Waals surface area (Å²) in [4.78, 5) is 2.50. The van der Waals surface area contributed by atoms with E-state index in [0.717, 1.165) is 55.1 Å². The molecule has 5 N–H and O–H groups in total. The molecule has 0 bridgehead atoms. The van der Waals surface area contributed by atoms with Crippen LogP contribution in [0.2, 0.25) is 0 Å². The zero-order valence-corrected chi connectivity index (χ0v) is 18.8. The fourth-order valence-electron chi connectivity index (χ4n) is 4.59. The molecule has 5 nitrogen and oxygen atoms in total. The Morgan fingerprint density at radius 1 is 1.23 bits per heavy atom. The van der Waals surface area contributed by atoms with Gasteiger partial charge in [-0.05, 0) is 68.5 Å². The van der Waals surface area contributed by atoms with Gasteiger partial charge in [-0.2, -0.15) is 0 Å². The summed E-state index contributed by atoms with van der Waals surface area (Å²) in [5.41, 5.74) is 14.1. The van der Waals surface area contributed by atoms with Crippen molar-refractivity contribution < 1.29 is 5.11 Å². The van der Waals surface area contributed by atoms with Crippen LogP contribution in [0.25, 0.3) is 11.3 Å². The molecule has 0 aromatic heterocycles. The van der Waals surface area contributed by atoms with Gasteiger partial charge < -0.3 is 21.5 Å². The molecular formula is C26H34N4O. The van der Waals surface area contributed by atoms with Crippen LogP contribution in [-0.2, 0) is 0 Å². The number of hydrogen-bond acceptors (Lipinski definition) is 5. The van der Waals surface area contributed by atoms with Crippen molar-refractivity contribution in [3.05, 3.63) is 70.9 Å². The average Bonchev–Trinajstić information content (AvgIpc) is 2.93. The second-order valence-electron chi connectivity index (χ2n) is 8.89. The Morgan fingerprint density at radius 3 is 2.74 bits per heavy atom. The van der Waals surface area contributed by atoms with Gasteiger partial charge >= 0.3 is 0 Å². The number of nitrogens with one attached hydrogen (secondary N) is 2. The van der Waals surface area contributed by atoms with Gasteiger partial charge in [-0.1, -0.05) is 24.3 Å². The lowest BCUT2D eigenvalue weighted by Crippen LogP contribution is -2.34. The van der Waals surface area contributed by atoms with E-state index in [1.807, 2.05) is 19.1 Å². The van der Waals surface area contributed by atoms with E-state index >= 15 is 0 Å². The summed E-state index contributed by atoms with van der Waals surface area (Å²) in [6.07, 6.45) is 4.37. The molecule has 2 aromatic carbocycles. The number of nitrogens with zero attached hydrogens (tertiary/aromatic N) is 1. The Morgan fingerprint density at radius 2 is 2.06 bits per heavy atom. The number of phenols is 1. The number of hydrogen-bond donors (Lipinski definition) is 4. The molecule has 2 aliphatic rings. The monoisotopic (exact) mass is 418 g/mol. The van der Waals surface area contributed by atoms with Crippen LogP contribution in [0, 0.1) is 0 Å². The summed E-state index contributed by atoms with van der Waals surface area (Å²) in [6.45, 7) is 9.40. The van der Waals surface area contributed by atoms with E-state index < -0.39 is 0 Å². The topological polar surface area (TPSA) is 73.5 Å². The first-order valence-electron chi connectivity index (χ1n) is 11.3. The minimum absolute atomic E-state index is 0.123. The zero-order chi connectivity index (χ0) is 22.0. The van der Waals surface area contributed by atoms with Crippen LogP contribution in [-0.4, -0.2) is 35.7 Å². The van der Waals surface area contributed by atoms with Crippen molar-refractivity contribution in [1.29, 1.82) is 0 Å². The largest absolute Gasteiger partial charge is 0.508 e. The third-order valence-corrected chi connectivity index (χ3v) is 6.35. The van der Waals surface area contributed by atoms with Crippen LogP contribution >= 0.6 is 0 Å². The van der Waals surface area contributed by atoms with Gasteiger partial charge in [-0.3, -0.25) is 4.90 Å². The highest BCUT2D eigenvalue weighted by Crippen LogP contribution is 2.35. The first-order chi connectivity index (χ1) is 14.9. The molecule has 0 saturated heterocycles. The summed E-state index contributed by atoms with van der Waals surface area (Å²) >= 11 is 0. The number of allylic oxidation sites excluding steroid dienone is 1. The number of rotatable bonds is 4. The van der Waals surface area contributed by atoms with Crippen molar-refractivity contribution in [2.75, 3.05) is 25.0 Å². The van der Waals surface area contributed by atoms with E-state index in [4.69, 9.17) is 5.73 Å². The fraction of sp³-hybridized carbons (Fsp3) is 0.385. The molecule has 0 amide bonds. The second-order valence-corrected chi connectivity index (χ2v) is 8.89. The van der Waals surface area contributed by atoms with E-state index in [-0.39, 0.29) is 11.8 Å². The van der Waals surface area contributed by atoms with Gasteiger partial charge in [0.1, 0.15) is 5.75 Å². The second kappa shape index (κ2) is 9.06. The first-order valence-corrected chi connectivity index (χ1v) is 11.3. The first kappa shape index (κ1) is 21.3. The minimum atomic E-state index is 0.123. The average molecular weight is 419 g/mol. The van der Waals surface area contributed by atoms with Gasteiger partial charge in [-0.15, -0.1) is 0 Å². The van der Waals surface area contributed by atoms with E-state index in [9.17, 15) is 5.11 Å². The highest BCUT2D eigenvalue weighted by atomic mass is 16.3. The Kier molecular flexibility index (Phi) is 6.23. The smallest absolute Gasteiger partial charge is 0.117 e. The molecule has 31 heavy (non-hydrogen) atoms. The summed E-state index contributed by atoms with van der Waals surface area (Å²) in [5, 5.41) is 17.1. The Hall–Kier alpha value is -2.92. The lowest BCUT2D eigenvalue weighted by atomic mass is 9.90. The van der Waals surface area contributed by atoms with Crippen LogP contribution < -0.4 is 16.4 Å². The number of nitrogens with two attached hydrogens (primary N) is 1. The molecule has 164 valence electrons. The molecule has 0 saturated carbocycles. The highest BCUT2D eigenvalue weighted by molar-refractivity contribution is 5.75. The molecule has 0 spiro atoms. The summed E-state index contributed by atoms with van der Waals surface area (Å²) < 4.78 is 0. The summed E-state index contributed by atoms with van der Waals surface area (Å²) in [6, 6.07) is 14.8. The van der Waals surface area contributed by atoms with E-state index in [1.165, 1.54) is 16.7 Å². The summed E-state index contributed by atoms with van der Waals surface area (Å²) in [5.74, 6) is 0.270. The third kappa shape index (κ3) is 4.72. The van der Waals surface area contributed by atoms with Crippen molar-refractivity contribution in [3.8, 4) is 5.75 Å². The predicted octanol–water partition coefficient (Wildman–Crippen LogP) is 4.68. The number of phenolic OH excluding ortho intramolecular Hbond substituents is 1. The molecule has 2 aliphatic heterocycles. The van der Waals surface area contributed by atoms with Gasteiger partial charge in [0.15, 0.2) is 0 Å². The van der Waals surface area contributed by atoms with Crippen LogP contribution in [0.15, 0.2) is 54.2 Å². The van der Waals surface area contributed by atoms with Crippen LogP contribution in [0.3, 0.4) is 0 Å². The van der Waals surface area contributed by atoms with Crippen molar-refractivity contribution >= 4 is 17.0 Å². The normalized spacial score (nSPS) is 21.0. The Bertz CT molecular complexity index is 1000. The molecule has 4 rings (SSSR count). The maximum atomic E-state index is 9.90. The highest BCUT2D eigenvalue weighted by Gasteiger charge is 2.24. The Labute approximate surface area is 185 Å². The molecule has 2 aromatic rings. The predicted molar refractivity (Wildman–Crippen MR) is 130 cm³/mol. The maximum Gasteiger partial charge on any atom is 0.117 e. The maximum absolute atomic E-state index is 9.90. The lowest BCUT2D eigenvalue weighted by molar-refractivity contribution is 0.245. The molecule has 0 fully saturated rings. The van der Waals surface area contributed by atoms with Gasteiger partial charge in [0.2, 0.25) is 0 Å². The molecule has 2 heterocycles. The van der Waals surface area contributed by atoms with E-state index in [2.05, 4.69) is 53.7 Å². The number of aromatic hydroxyl groups is 1. The van der Waals surface area contributed by atoms with E-state index in [1.54, 1.807) is 12.1 Å². The van der Waals surface area contributed by atoms with Crippen molar-refractivity contribution in [1.82, 2.24) is 10.2 Å². The molecular weight excluding hydrogens is 384 g/mol. The molecule has 5 heteroatoms. The minimum Gasteiger partial charge on any atom is -0.508 e. The van der Waals surface area contributed by atoms with E-state index in [0.29, 0.717) is 6.04 Å². The van der Waals surface area contributed by atoms with Gasteiger partial charge in [0, 0.05) is 48.7 Å². The zero-order valence-electron chi connectivity index (χ0n) is 18.8. The summed E-state index contributed by atoms with van der Waals surface area (Å²) in [7, 11) is 0. The Balaban J connectivity index is 1.71. The van der Waals surface area contributed by atoms with Gasteiger partial charge in [-0.25, -0.2) is 0 Å². The standard InChI is InChI=1S/C26H34N4O/c1-17(2)30-13-10-19(11-14-30)20-7-8-23-24(15-20)25(9-12-28-26(23)18(3)27)29-21-5-4-6-22(31)16-21/h4-8,10,15-17,25,28-29,31H,9,11-14,27H2,1-3H3/b26-18-. The fourth-order valence-corrected chi connectivity index (χ4v) is 4.59. The van der Waals surface area contributed by atoms with Crippen molar-refractivity contribution in [2.24, 2.45) is 5.73 Å². The molecule has 1 atom stereocenters. The number of benzene rings is 2. The van der Waals surface area contributed by atoms with Crippen LogP contribution in [0.5, 0.6) is 5.75 Å². The lowest BCUT2D eigenvalue weighted by Gasteiger charge is -2.30. The number of fused-ring (bicyclic) bond motifs is 1. The molecule has 0 aliphatic carbocycles. The SMILES string of the molecule is C/C(N)=C1/NCCC(Nc2cccc(O)c2)c2cc(C3=CCN(C(C)C)CC3)ccc21. The van der Waals surface area contributed by atoms with Crippen LogP contribution in [0.1, 0.15) is 56.3 Å². The number of anilines is 1. The molecule has 1 unspecified atom stereocenters. The third-order valence-electron chi connectivity index (χ3n) is 6.35. The molecule has 0 radical (unpaired) electrons. The van der Waals surface area contributed by atoms with Crippen LogP contribution in [0.4, 0.5) is 5.69 Å².